The molecular formula is C12H13N3O3. The van der Waals surface area contributed by atoms with Gasteiger partial charge in [0.1, 0.15) is 5.82 Å². The third-order valence-electron chi connectivity index (χ3n) is 2.48. The van der Waals surface area contributed by atoms with Gasteiger partial charge in [0, 0.05) is 0 Å². The van der Waals surface area contributed by atoms with Gasteiger partial charge in [-0.1, -0.05) is 0 Å². The summed E-state index contributed by atoms with van der Waals surface area (Å²) in [7, 11) is 0. The van der Waals surface area contributed by atoms with Gasteiger partial charge in [-0.25, -0.2) is 19.3 Å². The minimum Gasteiger partial charge on any atom is -0.462 e. The Bertz CT molecular complexity index is 610. The zero-order chi connectivity index (χ0) is 13.1. The van der Waals surface area contributed by atoms with E-state index in [4.69, 9.17) is 4.74 Å². The molecule has 1 aromatic carbocycles. The standard InChI is InChI=1S/C12H13N3O3/c1-3-18-11(16)9-4-6-10(7-5-9)15-8(2)13-14-12(15)17/h4-7H,3H2,1-2H3,(H,14,17). The van der Waals surface area contributed by atoms with Crippen molar-refractivity contribution in [2.24, 2.45) is 0 Å². The van der Waals surface area contributed by atoms with Crippen LogP contribution in [0.15, 0.2) is 29.1 Å². The number of nitrogens with one attached hydrogen (secondary N) is 1. The van der Waals surface area contributed by atoms with Crippen LogP contribution in [0.3, 0.4) is 0 Å². The molecule has 94 valence electrons. The normalized spacial score (nSPS) is 10.3. The van der Waals surface area contributed by atoms with Gasteiger partial charge in [-0.05, 0) is 38.1 Å². The van der Waals surface area contributed by atoms with E-state index < -0.39 is 0 Å². The smallest absolute Gasteiger partial charge is 0.347 e. The van der Waals surface area contributed by atoms with Gasteiger partial charge in [0.2, 0.25) is 0 Å². The van der Waals surface area contributed by atoms with Crippen molar-refractivity contribution in [2.75, 3.05) is 6.61 Å². The van der Waals surface area contributed by atoms with Crippen molar-refractivity contribution in [3.63, 3.8) is 0 Å². The van der Waals surface area contributed by atoms with Crippen LogP contribution in [0.25, 0.3) is 5.69 Å². The van der Waals surface area contributed by atoms with Crippen LogP contribution in [0.1, 0.15) is 23.1 Å². The quantitative estimate of drug-likeness (QED) is 0.822. The maximum absolute atomic E-state index is 11.5. The molecular weight excluding hydrogens is 234 g/mol. The SMILES string of the molecule is CCOC(=O)c1ccc(-n2c(C)n[nH]c2=O)cc1. The number of hydrogen-bond donors (Lipinski definition) is 1. The van der Waals surface area contributed by atoms with Crippen LogP contribution in [0.5, 0.6) is 0 Å². The molecule has 0 saturated heterocycles. The number of aryl methyl sites for hydroxylation is 1. The number of carbonyl (C=O) groups excluding carboxylic acids is 1. The second-order valence-corrected chi connectivity index (χ2v) is 3.68. The van der Waals surface area contributed by atoms with E-state index >= 15 is 0 Å². The first-order valence-corrected chi connectivity index (χ1v) is 5.55. The van der Waals surface area contributed by atoms with Crippen LogP contribution in [0, 0.1) is 6.92 Å². The van der Waals surface area contributed by atoms with Crippen molar-refractivity contribution in [3.8, 4) is 5.69 Å². The number of benzene rings is 1. The number of esters is 1. The molecule has 0 aliphatic rings. The summed E-state index contributed by atoms with van der Waals surface area (Å²) >= 11 is 0. The van der Waals surface area contributed by atoms with Crippen LogP contribution in [0.2, 0.25) is 0 Å². The lowest BCUT2D eigenvalue weighted by Gasteiger charge is -2.04. The zero-order valence-electron chi connectivity index (χ0n) is 10.1. The Morgan fingerprint density at radius 2 is 2.06 bits per heavy atom. The van der Waals surface area contributed by atoms with Crippen LogP contribution in [0.4, 0.5) is 0 Å². The Morgan fingerprint density at radius 1 is 1.39 bits per heavy atom. The molecule has 0 amide bonds. The predicted octanol–water partition coefficient (Wildman–Crippen LogP) is 1.05. The number of hydrogen-bond acceptors (Lipinski definition) is 4. The van der Waals surface area contributed by atoms with E-state index in [9.17, 15) is 9.59 Å². The molecule has 6 heteroatoms. The second kappa shape index (κ2) is 4.87. The van der Waals surface area contributed by atoms with E-state index in [2.05, 4.69) is 10.2 Å². The highest BCUT2D eigenvalue weighted by molar-refractivity contribution is 5.89. The Morgan fingerprint density at radius 3 is 2.56 bits per heavy atom. The average Bonchev–Trinajstić information content (AvgIpc) is 2.70. The van der Waals surface area contributed by atoms with Crippen molar-refractivity contribution in [1.29, 1.82) is 0 Å². The van der Waals surface area contributed by atoms with Gasteiger partial charge in [-0.2, -0.15) is 5.10 Å². The minimum absolute atomic E-state index is 0.309. The largest absolute Gasteiger partial charge is 0.462 e. The highest BCUT2D eigenvalue weighted by Gasteiger charge is 2.09. The van der Waals surface area contributed by atoms with Gasteiger partial charge in [0.15, 0.2) is 0 Å². The fraction of sp³-hybridized carbons (Fsp3) is 0.250. The number of aromatic amines is 1. The molecule has 6 nitrogen and oxygen atoms in total. The molecule has 1 heterocycles. The van der Waals surface area contributed by atoms with Gasteiger partial charge >= 0.3 is 11.7 Å². The fourth-order valence-corrected chi connectivity index (χ4v) is 1.64. The number of carbonyl (C=O) groups is 1. The summed E-state index contributed by atoms with van der Waals surface area (Å²) in [6.07, 6.45) is 0. The van der Waals surface area contributed by atoms with Gasteiger partial charge in [-0.3, -0.25) is 0 Å². The van der Waals surface area contributed by atoms with Crippen molar-refractivity contribution in [1.82, 2.24) is 14.8 Å². The number of ether oxygens (including phenoxy) is 1. The van der Waals surface area contributed by atoms with E-state index in [0.717, 1.165) is 0 Å². The maximum Gasteiger partial charge on any atom is 0.347 e. The van der Waals surface area contributed by atoms with Crippen LogP contribution < -0.4 is 5.69 Å². The molecule has 1 N–H and O–H groups in total. The first-order chi connectivity index (χ1) is 8.63. The van der Waals surface area contributed by atoms with E-state index in [1.165, 1.54) is 4.57 Å². The lowest BCUT2D eigenvalue weighted by molar-refractivity contribution is 0.0526. The topological polar surface area (TPSA) is 77.0 Å². The summed E-state index contributed by atoms with van der Waals surface area (Å²) in [6.45, 7) is 3.80. The predicted molar refractivity (Wildman–Crippen MR) is 64.9 cm³/mol. The van der Waals surface area contributed by atoms with Crippen molar-refractivity contribution >= 4 is 5.97 Å². The number of rotatable bonds is 3. The maximum atomic E-state index is 11.5. The van der Waals surface area contributed by atoms with Gasteiger partial charge in [-0.15, -0.1) is 0 Å². The molecule has 18 heavy (non-hydrogen) atoms. The van der Waals surface area contributed by atoms with E-state index in [1.54, 1.807) is 38.1 Å². The average molecular weight is 247 g/mol. The molecule has 0 aliphatic heterocycles. The molecule has 2 aromatic rings. The van der Waals surface area contributed by atoms with Crippen molar-refractivity contribution in [2.45, 2.75) is 13.8 Å². The van der Waals surface area contributed by atoms with E-state index in [1.807, 2.05) is 0 Å². The molecule has 0 unspecified atom stereocenters. The fourth-order valence-electron chi connectivity index (χ4n) is 1.64. The monoisotopic (exact) mass is 247 g/mol. The molecule has 0 bridgehead atoms. The summed E-state index contributed by atoms with van der Waals surface area (Å²) in [6, 6.07) is 6.59. The Kier molecular flexibility index (Phi) is 3.27. The Labute approximate surface area is 103 Å². The first-order valence-electron chi connectivity index (χ1n) is 5.55. The first kappa shape index (κ1) is 12.1. The number of H-pyrrole nitrogens is 1. The molecule has 0 radical (unpaired) electrons. The van der Waals surface area contributed by atoms with Crippen molar-refractivity contribution < 1.29 is 9.53 Å². The second-order valence-electron chi connectivity index (χ2n) is 3.68. The van der Waals surface area contributed by atoms with Crippen LogP contribution in [-0.2, 0) is 4.74 Å². The minimum atomic E-state index is -0.375. The Balaban J connectivity index is 2.34. The Hall–Kier alpha value is -2.37. The highest BCUT2D eigenvalue weighted by atomic mass is 16.5. The summed E-state index contributed by atoms with van der Waals surface area (Å²) in [5.74, 6) is 0.184. The van der Waals surface area contributed by atoms with Gasteiger partial charge in [0.05, 0.1) is 17.9 Å². The molecule has 0 atom stereocenters. The highest BCUT2D eigenvalue weighted by Crippen LogP contribution is 2.10. The third kappa shape index (κ3) is 2.17. The molecule has 0 saturated carbocycles. The van der Waals surface area contributed by atoms with Crippen LogP contribution >= 0.6 is 0 Å². The summed E-state index contributed by atoms with van der Waals surface area (Å²) < 4.78 is 6.31. The van der Waals surface area contributed by atoms with Crippen LogP contribution in [-0.4, -0.2) is 27.3 Å². The molecule has 1 aromatic heterocycles. The molecule has 2 rings (SSSR count). The number of nitrogens with zero attached hydrogens (tertiary/aromatic N) is 2. The molecule has 0 fully saturated rings. The molecule has 0 aliphatic carbocycles. The summed E-state index contributed by atoms with van der Waals surface area (Å²) in [4.78, 5) is 23.0. The van der Waals surface area contributed by atoms with E-state index in [-0.39, 0.29) is 11.7 Å². The lowest BCUT2D eigenvalue weighted by Crippen LogP contribution is -2.16. The zero-order valence-corrected chi connectivity index (χ0v) is 10.1. The summed E-state index contributed by atoms with van der Waals surface area (Å²) in [5.41, 5.74) is 0.797. The lowest BCUT2D eigenvalue weighted by atomic mass is 10.2. The van der Waals surface area contributed by atoms with Gasteiger partial charge in [0.25, 0.3) is 0 Å². The van der Waals surface area contributed by atoms with Gasteiger partial charge < -0.3 is 4.74 Å². The molecule has 0 spiro atoms. The van der Waals surface area contributed by atoms with E-state index in [0.29, 0.717) is 23.7 Å². The third-order valence-corrected chi connectivity index (χ3v) is 2.48. The van der Waals surface area contributed by atoms with Crippen molar-refractivity contribution in [3.05, 3.63) is 46.1 Å². The number of aromatic nitrogens is 3. The summed E-state index contributed by atoms with van der Waals surface area (Å²) in [5, 5.41) is 6.17.